The lowest BCUT2D eigenvalue weighted by atomic mass is 10.2. The van der Waals surface area contributed by atoms with E-state index in [1.807, 2.05) is 0 Å². The third-order valence-corrected chi connectivity index (χ3v) is 5.20. The van der Waals surface area contributed by atoms with Gasteiger partial charge in [-0.15, -0.1) is 0 Å². The summed E-state index contributed by atoms with van der Waals surface area (Å²) in [5, 5.41) is 0. The van der Waals surface area contributed by atoms with Crippen molar-refractivity contribution in [2.75, 3.05) is 13.2 Å². The topological polar surface area (TPSA) is 21.8 Å². The molecule has 0 spiro atoms. The second-order valence-corrected chi connectivity index (χ2v) is 9.12. The molecule has 0 N–H and O–H groups in total. The van der Waals surface area contributed by atoms with Crippen molar-refractivity contribution in [3.63, 3.8) is 0 Å². The van der Waals surface area contributed by atoms with Crippen LogP contribution >= 0.6 is 0 Å². The standard InChI is InChI=1S/C11H24O2Si/c1-4-8-13-14(2,3)9-6-5-7-11-10-12-11/h11H,4-10H2,1-3H3. The number of hydrogen-bond donors (Lipinski definition) is 0. The third-order valence-electron chi connectivity index (χ3n) is 2.65. The zero-order chi connectivity index (χ0) is 10.4. The number of rotatable bonds is 8. The van der Waals surface area contributed by atoms with Gasteiger partial charge in [-0.2, -0.15) is 0 Å². The van der Waals surface area contributed by atoms with E-state index in [-0.39, 0.29) is 0 Å². The minimum Gasteiger partial charge on any atom is -0.417 e. The van der Waals surface area contributed by atoms with E-state index in [2.05, 4.69) is 20.0 Å². The first-order valence-corrected chi connectivity index (χ1v) is 9.01. The van der Waals surface area contributed by atoms with Gasteiger partial charge in [0.25, 0.3) is 0 Å². The molecular weight excluding hydrogens is 192 g/mol. The molecule has 0 saturated carbocycles. The summed E-state index contributed by atoms with van der Waals surface area (Å²) in [6, 6.07) is 1.31. The Morgan fingerprint density at radius 1 is 1.36 bits per heavy atom. The molecule has 0 radical (unpaired) electrons. The first-order chi connectivity index (χ1) is 6.64. The molecule has 84 valence electrons. The van der Waals surface area contributed by atoms with Crippen LogP contribution in [0.15, 0.2) is 0 Å². The fourth-order valence-electron chi connectivity index (χ4n) is 1.61. The first kappa shape index (κ1) is 12.2. The van der Waals surface area contributed by atoms with Gasteiger partial charge in [0.15, 0.2) is 8.32 Å². The van der Waals surface area contributed by atoms with Crippen molar-refractivity contribution < 1.29 is 9.16 Å². The van der Waals surface area contributed by atoms with Crippen molar-refractivity contribution in [3.05, 3.63) is 0 Å². The van der Waals surface area contributed by atoms with E-state index in [1.54, 1.807) is 0 Å². The molecule has 0 aromatic rings. The monoisotopic (exact) mass is 216 g/mol. The van der Waals surface area contributed by atoms with Crippen molar-refractivity contribution in [2.45, 2.75) is 57.8 Å². The highest BCUT2D eigenvalue weighted by Crippen LogP contribution is 2.21. The summed E-state index contributed by atoms with van der Waals surface area (Å²) in [6.45, 7) is 8.79. The molecule has 0 aromatic carbocycles. The van der Waals surface area contributed by atoms with Crippen LogP contribution in [-0.4, -0.2) is 27.6 Å². The van der Waals surface area contributed by atoms with Crippen LogP contribution in [0, 0.1) is 0 Å². The summed E-state index contributed by atoms with van der Waals surface area (Å²) < 4.78 is 11.1. The third kappa shape index (κ3) is 5.78. The number of epoxide rings is 1. The lowest BCUT2D eigenvalue weighted by Crippen LogP contribution is -2.30. The van der Waals surface area contributed by atoms with Crippen LogP contribution < -0.4 is 0 Å². The molecule has 14 heavy (non-hydrogen) atoms. The lowest BCUT2D eigenvalue weighted by Gasteiger charge is -2.22. The predicted molar refractivity (Wildman–Crippen MR) is 62.1 cm³/mol. The number of ether oxygens (including phenoxy) is 1. The second-order valence-electron chi connectivity index (χ2n) is 4.81. The van der Waals surface area contributed by atoms with Crippen LogP contribution in [0.2, 0.25) is 19.1 Å². The molecule has 0 bridgehead atoms. The van der Waals surface area contributed by atoms with Gasteiger partial charge in [0.2, 0.25) is 0 Å². The van der Waals surface area contributed by atoms with Crippen LogP contribution in [0.5, 0.6) is 0 Å². The van der Waals surface area contributed by atoms with Crippen molar-refractivity contribution >= 4 is 8.32 Å². The fraction of sp³-hybridized carbons (Fsp3) is 1.00. The Bertz CT molecular complexity index is 155. The van der Waals surface area contributed by atoms with E-state index >= 15 is 0 Å². The molecule has 0 aromatic heterocycles. The van der Waals surface area contributed by atoms with Crippen LogP contribution in [0.4, 0.5) is 0 Å². The van der Waals surface area contributed by atoms with E-state index in [0.29, 0.717) is 6.10 Å². The summed E-state index contributed by atoms with van der Waals surface area (Å²) >= 11 is 0. The average Bonchev–Trinajstić information content (AvgIpc) is 2.93. The quantitative estimate of drug-likeness (QED) is 0.353. The van der Waals surface area contributed by atoms with Gasteiger partial charge in [-0.3, -0.25) is 0 Å². The smallest absolute Gasteiger partial charge is 0.186 e. The minimum absolute atomic E-state index is 0.608. The largest absolute Gasteiger partial charge is 0.417 e. The Labute approximate surface area is 89.1 Å². The summed E-state index contributed by atoms with van der Waals surface area (Å²) in [5.74, 6) is 0. The van der Waals surface area contributed by atoms with Crippen LogP contribution in [-0.2, 0) is 9.16 Å². The Balaban J connectivity index is 1.96. The normalized spacial score (nSPS) is 21.2. The maximum atomic E-state index is 5.91. The summed E-state index contributed by atoms with van der Waals surface area (Å²) in [7, 11) is -1.32. The maximum Gasteiger partial charge on any atom is 0.186 e. The molecule has 0 amide bonds. The van der Waals surface area contributed by atoms with Crippen LogP contribution in [0.25, 0.3) is 0 Å². The van der Waals surface area contributed by atoms with Gasteiger partial charge in [0.05, 0.1) is 12.7 Å². The highest BCUT2D eigenvalue weighted by molar-refractivity contribution is 6.71. The van der Waals surface area contributed by atoms with E-state index in [1.165, 1.54) is 25.3 Å². The van der Waals surface area contributed by atoms with E-state index in [0.717, 1.165) is 19.6 Å². The van der Waals surface area contributed by atoms with E-state index in [4.69, 9.17) is 9.16 Å². The second kappa shape index (κ2) is 5.88. The summed E-state index contributed by atoms with van der Waals surface area (Å²) in [4.78, 5) is 0. The van der Waals surface area contributed by atoms with Gasteiger partial charge in [-0.05, 0) is 32.0 Å². The Morgan fingerprint density at radius 3 is 2.64 bits per heavy atom. The van der Waals surface area contributed by atoms with Gasteiger partial charge < -0.3 is 9.16 Å². The molecule has 1 unspecified atom stereocenters. The zero-order valence-corrected chi connectivity index (χ0v) is 10.8. The van der Waals surface area contributed by atoms with E-state index < -0.39 is 8.32 Å². The highest BCUT2D eigenvalue weighted by Gasteiger charge is 2.24. The molecular formula is C11H24O2Si. The predicted octanol–water partition coefficient (Wildman–Crippen LogP) is 3.19. The van der Waals surface area contributed by atoms with Gasteiger partial charge in [-0.25, -0.2) is 0 Å². The highest BCUT2D eigenvalue weighted by atomic mass is 28.4. The molecule has 1 aliphatic heterocycles. The van der Waals surface area contributed by atoms with Crippen molar-refractivity contribution in [1.29, 1.82) is 0 Å². The first-order valence-electron chi connectivity index (χ1n) is 5.89. The molecule has 0 aliphatic carbocycles. The Hall–Kier alpha value is 0.137. The van der Waals surface area contributed by atoms with Gasteiger partial charge in [-0.1, -0.05) is 19.8 Å². The van der Waals surface area contributed by atoms with E-state index in [9.17, 15) is 0 Å². The molecule has 1 saturated heterocycles. The molecule has 1 fully saturated rings. The number of unbranched alkanes of at least 4 members (excludes halogenated alkanes) is 1. The van der Waals surface area contributed by atoms with Gasteiger partial charge >= 0.3 is 0 Å². The molecule has 2 nitrogen and oxygen atoms in total. The molecule has 1 atom stereocenters. The minimum atomic E-state index is -1.32. The molecule has 1 heterocycles. The summed E-state index contributed by atoms with van der Waals surface area (Å²) in [6.07, 6.45) is 5.65. The van der Waals surface area contributed by atoms with Gasteiger partial charge in [0, 0.05) is 6.61 Å². The molecule has 1 rings (SSSR count). The SMILES string of the molecule is CCCO[Si](C)(C)CCCCC1CO1. The molecule has 3 heteroatoms. The maximum absolute atomic E-state index is 5.91. The summed E-state index contributed by atoms with van der Waals surface area (Å²) in [5.41, 5.74) is 0. The average molecular weight is 216 g/mol. The van der Waals surface area contributed by atoms with Crippen molar-refractivity contribution in [1.82, 2.24) is 0 Å². The Morgan fingerprint density at radius 2 is 2.07 bits per heavy atom. The zero-order valence-electron chi connectivity index (χ0n) is 9.84. The van der Waals surface area contributed by atoms with Crippen molar-refractivity contribution in [2.24, 2.45) is 0 Å². The lowest BCUT2D eigenvalue weighted by molar-refractivity contribution is 0.305. The number of hydrogen-bond acceptors (Lipinski definition) is 2. The van der Waals surface area contributed by atoms with Gasteiger partial charge in [0.1, 0.15) is 0 Å². The van der Waals surface area contributed by atoms with Crippen molar-refractivity contribution in [3.8, 4) is 0 Å². The molecule has 1 aliphatic rings. The fourth-order valence-corrected chi connectivity index (χ4v) is 3.61. The van der Waals surface area contributed by atoms with Crippen LogP contribution in [0.3, 0.4) is 0 Å². The van der Waals surface area contributed by atoms with Crippen LogP contribution in [0.1, 0.15) is 32.6 Å². The Kier molecular flexibility index (Phi) is 5.13.